The number of fused-ring (bicyclic) bond motifs is 1. The lowest BCUT2D eigenvalue weighted by Crippen LogP contribution is -2.21. The van der Waals surface area contributed by atoms with Gasteiger partial charge >= 0.3 is 0 Å². The van der Waals surface area contributed by atoms with Gasteiger partial charge in [0.05, 0.1) is 12.1 Å². The smallest absolute Gasteiger partial charge is 0.251 e. The summed E-state index contributed by atoms with van der Waals surface area (Å²) in [7, 11) is 0. The first-order valence-electron chi connectivity index (χ1n) is 8.46. The molecule has 0 aliphatic rings. The van der Waals surface area contributed by atoms with Crippen LogP contribution in [0.25, 0.3) is 10.9 Å². The zero-order valence-electron chi connectivity index (χ0n) is 14.2. The van der Waals surface area contributed by atoms with Crippen molar-refractivity contribution in [3.05, 3.63) is 80.6 Å². The van der Waals surface area contributed by atoms with Gasteiger partial charge in [-0.1, -0.05) is 43.1 Å². The molecular formula is C21H22ClNO. The molecule has 2 nitrogen and oxygen atoms in total. The molecule has 0 N–H and O–H groups in total. The number of rotatable bonds is 5. The van der Waals surface area contributed by atoms with E-state index in [0.29, 0.717) is 11.6 Å². The number of unbranched alkanes of at least 4 members (excludes halogenated alkanes) is 1. The molecular weight excluding hydrogens is 318 g/mol. The molecule has 0 saturated carbocycles. The molecule has 0 atom stereocenters. The minimum Gasteiger partial charge on any atom is -0.304 e. The molecule has 124 valence electrons. The molecule has 3 aromatic rings. The zero-order chi connectivity index (χ0) is 17.1. The van der Waals surface area contributed by atoms with E-state index in [2.05, 4.69) is 25.1 Å². The second-order valence-electron chi connectivity index (χ2n) is 6.33. The molecule has 0 amide bonds. The number of hydrogen-bond acceptors (Lipinski definition) is 1. The SMILES string of the molecule is CCCCc1ccc2c(c1)c(C)cc(=O)n2Cc1ccc(Cl)cc1. The van der Waals surface area contributed by atoms with Gasteiger partial charge in [-0.2, -0.15) is 0 Å². The molecule has 0 saturated heterocycles. The van der Waals surface area contributed by atoms with Crippen LogP contribution in [-0.4, -0.2) is 4.57 Å². The monoisotopic (exact) mass is 339 g/mol. The van der Waals surface area contributed by atoms with Crippen LogP contribution < -0.4 is 5.56 Å². The highest BCUT2D eigenvalue weighted by Crippen LogP contribution is 2.21. The highest BCUT2D eigenvalue weighted by molar-refractivity contribution is 6.30. The third-order valence-corrected chi connectivity index (χ3v) is 4.71. The Labute approximate surface area is 147 Å². The summed E-state index contributed by atoms with van der Waals surface area (Å²) in [6.45, 7) is 4.77. The summed E-state index contributed by atoms with van der Waals surface area (Å²) in [5, 5.41) is 1.87. The molecule has 2 aromatic carbocycles. The van der Waals surface area contributed by atoms with Crippen molar-refractivity contribution in [3.63, 3.8) is 0 Å². The van der Waals surface area contributed by atoms with Crippen molar-refractivity contribution in [2.24, 2.45) is 0 Å². The van der Waals surface area contributed by atoms with E-state index >= 15 is 0 Å². The maximum Gasteiger partial charge on any atom is 0.251 e. The first kappa shape index (κ1) is 16.8. The minimum absolute atomic E-state index is 0.0382. The molecule has 0 radical (unpaired) electrons. The minimum atomic E-state index is 0.0382. The van der Waals surface area contributed by atoms with Gasteiger partial charge in [-0.25, -0.2) is 0 Å². The summed E-state index contributed by atoms with van der Waals surface area (Å²) in [6, 6.07) is 15.9. The molecule has 0 unspecified atom stereocenters. The van der Waals surface area contributed by atoms with Crippen LogP contribution >= 0.6 is 11.6 Å². The van der Waals surface area contributed by atoms with E-state index in [1.54, 1.807) is 6.07 Å². The van der Waals surface area contributed by atoms with E-state index in [4.69, 9.17) is 11.6 Å². The van der Waals surface area contributed by atoms with E-state index in [-0.39, 0.29) is 5.56 Å². The van der Waals surface area contributed by atoms with E-state index in [9.17, 15) is 4.79 Å². The molecule has 1 heterocycles. The van der Waals surface area contributed by atoms with E-state index in [0.717, 1.165) is 28.5 Å². The summed E-state index contributed by atoms with van der Waals surface area (Å²) in [5.41, 5.74) is 4.48. The number of halogens is 1. The van der Waals surface area contributed by atoms with Gasteiger partial charge in [0.1, 0.15) is 0 Å². The van der Waals surface area contributed by atoms with Crippen molar-refractivity contribution < 1.29 is 0 Å². The highest BCUT2D eigenvalue weighted by Gasteiger charge is 2.08. The normalized spacial score (nSPS) is 11.1. The van der Waals surface area contributed by atoms with Crippen LogP contribution in [-0.2, 0) is 13.0 Å². The van der Waals surface area contributed by atoms with Crippen LogP contribution in [0.15, 0.2) is 53.3 Å². The highest BCUT2D eigenvalue weighted by atomic mass is 35.5. The topological polar surface area (TPSA) is 22.0 Å². The summed E-state index contributed by atoms with van der Waals surface area (Å²) in [6.07, 6.45) is 3.46. The van der Waals surface area contributed by atoms with Gasteiger partial charge < -0.3 is 4.57 Å². The van der Waals surface area contributed by atoms with Crippen LogP contribution in [0.4, 0.5) is 0 Å². The standard InChI is InChI=1S/C21H22ClNO/c1-3-4-5-16-8-11-20-19(13-16)15(2)12-21(24)23(20)14-17-6-9-18(22)10-7-17/h6-13H,3-5,14H2,1-2H3. The Morgan fingerprint density at radius 1 is 1.00 bits per heavy atom. The molecule has 3 rings (SSSR count). The quantitative estimate of drug-likeness (QED) is 0.613. The second kappa shape index (κ2) is 7.23. The molecule has 0 aliphatic heterocycles. The molecule has 0 spiro atoms. The number of pyridine rings is 1. The number of nitrogens with zero attached hydrogens (tertiary/aromatic N) is 1. The lowest BCUT2D eigenvalue weighted by Gasteiger charge is -2.13. The van der Waals surface area contributed by atoms with Gasteiger partial charge in [0, 0.05) is 16.5 Å². The lowest BCUT2D eigenvalue weighted by atomic mass is 10.0. The van der Waals surface area contributed by atoms with Crippen molar-refractivity contribution in [3.8, 4) is 0 Å². The van der Waals surface area contributed by atoms with Crippen molar-refractivity contribution in [2.75, 3.05) is 0 Å². The van der Waals surface area contributed by atoms with Crippen molar-refractivity contribution in [1.29, 1.82) is 0 Å². The molecule has 24 heavy (non-hydrogen) atoms. The van der Waals surface area contributed by atoms with Crippen LogP contribution in [0.3, 0.4) is 0 Å². The third kappa shape index (κ3) is 3.54. The number of benzene rings is 2. The first-order valence-corrected chi connectivity index (χ1v) is 8.84. The van der Waals surface area contributed by atoms with Gasteiger partial charge in [0.2, 0.25) is 0 Å². The Bertz CT molecular complexity index is 910. The van der Waals surface area contributed by atoms with Crippen LogP contribution in [0.5, 0.6) is 0 Å². The summed E-state index contributed by atoms with van der Waals surface area (Å²) < 4.78 is 1.84. The van der Waals surface area contributed by atoms with E-state index in [1.807, 2.05) is 35.8 Å². The maximum absolute atomic E-state index is 12.5. The predicted octanol–water partition coefficient (Wildman–Crippen LogP) is 5.35. The van der Waals surface area contributed by atoms with Crippen LogP contribution in [0.2, 0.25) is 5.02 Å². The van der Waals surface area contributed by atoms with Gasteiger partial charge in [-0.15, -0.1) is 0 Å². The van der Waals surface area contributed by atoms with E-state index in [1.165, 1.54) is 18.4 Å². The average Bonchev–Trinajstić information content (AvgIpc) is 2.58. The number of aryl methyl sites for hydroxylation is 2. The first-order chi connectivity index (χ1) is 11.6. The molecule has 0 fully saturated rings. The average molecular weight is 340 g/mol. The van der Waals surface area contributed by atoms with Crippen molar-refractivity contribution in [1.82, 2.24) is 4.57 Å². The van der Waals surface area contributed by atoms with Gasteiger partial charge in [0.15, 0.2) is 0 Å². The summed E-state index contributed by atoms with van der Waals surface area (Å²) in [5.74, 6) is 0. The van der Waals surface area contributed by atoms with Gasteiger partial charge in [-0.3, -0.25) is 4.79 Å². The largest absolute Gasteiger partial charge is 0.304 e. The fourth-order valence-electron chi connectivity index (χ4n) is 3.07. The molecule has 0 bridgehead atoms. The molecule has 0 aliphatic carbocycles. The van der Waals surface area contributed by atoms with Crippen molar-refractivity contribution >= 4 is 22.5 Å². The lowest BCUT2D eigenvalue weighted by molar-refractivity contribution is 0.787. The Kier molecular flexibility index (Phi) is 5.06. The zero-order valence-corrected chi connectivity index (χ0v) is 14.9. The number of aromatic nitrogens is 1. The predicted molar refractivity (Wildman–Crippen MR) is 102 cm³/mol. The Morgan fingerprint density at radius 3 is 2.42 bits per heavy atom. The van der Waals surface area contributed by atoms with Crippen LogP contribution in [0.1, 0.15) is 36.5 Å². The second-order valence-corrected chi connectivity index (χ2v) is 6.77. The fourth-order valence-corrected chi connectivity index (χ4v) is 3.19. The molecule has 3 heteroatoms. The van der Waals surface area contributed by atoms with Gasteiger partial charge in [-0.05, 0) is 60.7 Å². The molecule has 1 aromatic heterocycles. The van der Waals surface area contributed by atoms with Crippen LogP contribution in [0, 0.1) is 6.92 Å². The van der Waals surface area contributed by atoms with E-state index < -0.39 is 0 Å². The summed E-state index contributed by atoms with van der Waals surface area (Å²) in [4.78, 5) is 12.5. The Morgan fingerprint density at radius 2 is 1.71 bits per heavy atom. The van der Waals surface area contributed by atoms with Gasteiger partial charge in [0.25, 0.3) is 5.56 Å². The third-order valence-electron chi connectivity index (χ3n) is 4.46. The number of hydrogen-bond donors (Lipinski definition) is 0. The Hall–Kier alpha value is -2.06. The Balaban J connectivity index is 2.06. The fraction of sp³-hybridized carbons (Fsp3) is 0.286. The van der Waals surface area contributed by atoms with Crippen molar-refractivity contribution in [2.45, 2.75) is 39.7 Å². The maximum atomic E-state index is 12.5. The summed E-state index contributed by atoms with van der Waals surface area (Å²) >= 11 is 5.95.